The number of unbranched alkanes of at least 4 members (excludes halogenated alkanes) is 1. The van der Waals surface area contributed by atoms with Crippen LogP contribution in [0.1, 0.15) is 30.1 Å². The first kappa shape index (κ1) is 14.3. The van der Waals surface area contributed by atoms with Gasteiger partial charge in [0.25, 0.3) is 0 Å². The maximum Gasteiger partial charge on any atom is 0.154 e. The lowest BCUT2D eigenvalue weighted by Crippen LogP contribution is -2.05. The number of anilines is 1. The molecule has 1 aromatic carbocycles. The third-order valence-corrected chi connectivity index (χ3v) is 3.54. The second-order valence-electron chi connectivity index (χ2n) is 5.15. The molecule has 3 aromatic rings. The van der Waals surface area contributed by atoms with Gasteiger partial charge in [0.2, 0.25) is 0 Å². The van der Waals surface area contributed by atoms with E-state index in [4.69, 9.17) is 0 Å². The van der Waals surface area contributed by atoms with Crippen molar-refractivity contribution < 1.29 is 4.79 Å². The Labute approximate surface area is 129 Å². The fourth-order valence-electron chi connectivity index (χ4n) is 2.29. The van der Waals surface area contributed by atoms with Crippen molar-refractivity contribution in [3.8, 4) is 11.3 Å². The van der Waals surface area contributed by atoms with Crippen molar-refractivity contribution in [3.05, 3.63) is 48.2 Å². The predicted molar refractivity (Wildman–Crippen MR) is 87.2 cm³/mol. The van der Waals surface area contributed by atoms with Gasteiger partial charge in [0.05, 0.1) is 11.9 Å². The van der Waals surface area contributed by atoms with Gasteiger partial charge in [-0.25, -0.2) is 9.50 Å². The van der Waals surface area contributed by atoms with Crippen LogP contribution in [0.5, 0.6) is 0 Å². The van der Waals surface area contributed by atoms with Crippen molar-refractivity contribution in [2.75, 3.05) is 11.9 Å². The number of rotatable bonds is 6. The Morgan fingerprint density at radius 3 is 2.73 bits per heavy atom. The molecular weight excluding hydrogens is 276 g/mol. The number of hydrogen-bond acceptors (Lipinski definition) is 4. The van der Waals surface area contributed by atoms with Crippen molar-refractivity contribution in [1.82, 2.24) is 14.6 Å². The summed E-state index contributed by atoms with van der Waals surface area (Å²) in [5, 5.41) is 7.92. The number of nitrogens with one attached hydrogen (secondary N) is 1. The van der Waals surface area contributed by atoms with Crippen LogP contribution in [-0.4, -0.2) is 27.4 Å². The predicted octanol–water partition coefficient (Wildman–Crippen LogP) is 3.42. The normalized spacial score (nSPS) is 10.8. The zero-order valence-electron chi connectivity index (χ0n) is 12.5. The molecule has 0 saturated carbocycles. The number of imidazole rings is 1. The van der Waals surface area contributed by atoms with Gasteiger partial charge in [-0.3, -0.25) is 4.79 Å². The summed E-state index contributed by atoms with van der Waals surface area (Å²) in [7, 11) is 0. The first-order valence-corrected chi connectivity index (χ1v) is 7.46. The van der Waals surface area contributed by atoms with Crippen molar-refractivity contribution in [1.29, 1.82) is 0 Å². The molecule has 2 aromatic heterocycles. The van der Waals surface area contributed by atoms with Gasteiger partial charge in [0.15, 0.2) is 5.65 Å². The van der Waals surface area contributed by atoms with E-state index in [2.05, 4.69) is 22.3 Å². The summed E-state index contributed by atoms with van der Waals surface area (Å²) in [5.41, 5.74) is 3.35. The maximum absolute atomic E-state index is 10.7. The van der Waals surface area contributed by atoms with Crippen LogP contribution in [0.25, 0.3) is 16.9 Å². The van der Waals surface area contributed by atoms with E-state index in [1.54, 1.807) is 18.3 Å². The van der Waals surface area contributed by atoms with Crippen LogP contribution < -0.4 is 5.32 Å². The van der Waals surface area contributed by atoms with Crippen LogP contribution in [-0.2, 0) is 0 Å². The summed E-state index contributed by atoms with van der Waals surface area (Å²) in [6, 6.07) is 11.3. The summed E-state index contributed by atoms with van der Waals surface area (Å²) in [4.78, 5) is 15.1. The number of carbonyl (C=O) groups is 1. The van der Waals surface area contributed by atoms with Crippen LogP contribution in [0.15, 0.2) is 42.6 Å². The molecule has 0 unspecified atom stereocenters. The van der Waals surface area contributed by atoms with Crippen molar-refractivity contribution >= 4 is 17.8 Å². The number of aldehydes is 1. The Morgan fingerprint density at radius 1 is 1.18 bits per heavy atom. The molecule has 22 heavy (non-hydrogen) atoms. The van der Waals surface area contributed by atoms with E-state index >= 15 is 0 Å². The van der Waals surface area contributed by atoms with Gasteiger partial charge in [-0.05, 0) is 18.6 Å². The molecule has 0 aliphatic heterocycles. The zero-order valence-corrected chi connectivity index (χ0v) is 12.5. The van der Waals surface area contributed by atoms with Crippen LogP contribution in [0.4, 0.5) is 5.82 Å². The highest BCUT2D eigenvalue weighted by Crippen LogP contribution is 2.21. The summed E-state index contributed by atoms with van der Waals surface area (Å²) < 4.78 is 1.82. The van der Waals surface area contributed by atoms with Gasteiger partial charge in [0, 0.05) is 17.7 Å². The lowest BCUT2D eigenvalue weighted by atomic mass is 10.1. The topological polar surface area (TPSA) is 59.3 Å². The Bertz CT molecular complexity index is 777. The van der Waals surface area contributed by atoms with E-state index in [0.29, 0.717) is 5.56 Å². The molecule has 5 nitrogen and oxygen atoms in total. The smallest absolute Gasteiger partial charge is 0.154 e. The molecule has 3 rings (SSSR count). The molecule has 1 N–H and O–H groups in total. The van der Waals surface area contributed by atoms with Gasteiger partial charge >= 0.3 is 0 Å². The average Bonchev–Trinajstić information content (AvgIpc) is 2.98. The SMILES string of the molecule is CCCCNc1ccc2ncc(-c3ccc(C=O)cc3)n2n1. The van der Waals surface area contributed by atoms with Crippen molar-refractivity contribution in [2.45, 2.75) is 19.8 Å². The number of hydrogen-bond donors (Lipinski definition) is 1. The molecule has 2 heterocycles. The number of aromatic nitrogens is 3. The molecule has 0 amide bonds. The van der Waals surface area contributed by atoms with E-state index in [9.17, 15) is 4.79 Å². The molecule has 112 valence electrons. The Hall–Kier alpha value is -2.69. The molecule has 0 bridgehead atoms. The van der Waals surface area contributed by atoms with Crippen LogP contribution >= 0.6 is 0 Å². The van der Waals surface area contributed by atoms with E-state index < -0.39 is 0 Å². The monoisotopic (exact) mass is 294 g/mol. The van der Waals surface area contributed by atoms with Gasteiger partial charge in [-0.15, -0.1) is 5.10 Å². The maximum atomic E-state index is 10.7. The molecule has 0 aliphatic carbocycles. The number of benzene rings is 1. The van der Waals surface area contributed by atoms with E-state index in [1.165, 1.54) is 0 Å². The Morgan fingerprint density at radius 2 is 2.00 bits per heavy atom. The largest absolute Gasteiger partial charge is 0.369 e. The van der Waals surface area contributed by atoms with Crippen LogP contribution in [0.3, 0.4) is 0 Å². The lowest BCUT2D eigenvalue weighted by molar-refractivity contribution is 0.112. The summed E-state index contributed by atoms with van der Waals surface area (Å²) >= 11 is 0. The summed E-state index contributed by atoms with van der Waals surface area (Å²) in [6.07, 6.45) is 4.90. The molecule has 0 radical (unpaired) electrons. The first-order chi connectivity index (χ1) is 10.8. The lowest BCUT2D eigenvalue weighted by Gasteiger charge is -2.06. The van der Waals surface area contributed by atoms with Crippen molar-refractivity contribution in [3.63, 3.8) is 0 Å². The Balaban J connectivity index is 1.94. The number of nitrogens with zero attached hydrogens (tertiary/aromatic N) is 3. The average molecular weight is 294 g/mol. The van der Waals surface area contributed by atoms with Gasteiger partial charge in [-0.2, -0.15) is 0 Å². The third-order valence-electron chi connectivity index (χ3n) is 3.54. The number of fused-ring (bicyclic) bond motifs is 1. The van der Waals surface area contributed by atoms with Gasteiger partial charge in [-0.1, -0.05) is 37.6 Å². The second kappa shape index (κ2) is 6.39. The van der Waals surface area contributed by atoms with E-state index in [1.807, 2.05) is 28.8 Å². The second-order valence-corrected chi connectivity index (χ2v) is 5.15. The molecular formula is C17H18N4O. The third kappa shape index (κ3) is 2.83. The highest BCUT2D eigenvalue weighted by molar-refractivity contribution is 5.76. The molecule has 0 spiro atoms. The minimum atomic E-state index is 0.660. The first-order valence-electron chi connectivity index (χ1n) is 7.46. The molecule has 0 aliphatic rings. The minimum Gasteiger partial charge on any atom is -0.369 e. The highest BCUT2D eigenvalue weighted by Gasteiger charge is 2.08. The minimum absolute atomic E-state index is 0.660. The van der Waals surface area contributed by atoms with Crippen LogP contribution in [0, 0.1) is 0 Å². The number of carbonyl (C=O) groups excluding carboxylic acids is 1. The molecule has 5 heteroatoms. The van der Waals surface area contributed by atoms with Crippen LogP contribution in [0.2, 0.25) is 0 Å². The molecule has 0 fully saturated rings. The van der Waals surface area contributed by atoms with E-state index in [-0.39, 0.29) is 0 Å². The summed E-state index contributed by atoms with van der Waals surface area (Å²) in [6.45, 7) is 3.07. The van der Waals surface area contributed by atoms with Gasteiger partial charge < -0.3 is 5.32 Å². The standard InChI is InChI=1S/C17H18N4O/c1-2-3-10-18-16-8-9-17-19-11-15(21(17)20-16)14-6-4-13(12-22)5-7-14/h4-9,11-12H,2-3,10H2,1H3,(H,18,20). The molecule has 0 saturated heterocycles. The zero-order chi connectivity index (χ0) is 15.4. The molecule has 0 atom stereocenters. The van der Waals surface area contributed by atoms with Gasteiger partial charge in [0.1, 0.15) is 12.1 Å². The van der Waals surface area contributed by atoms with Crippen molar-refractivity contribution in [2.24, 2.45) is 0 Å². The fourth-order valence-corrected chi connectivity index (χ4v) is 2.29. The fraction of sp³-hybridized carbons (Fsp3) is 0.235. The Kier molecular flexibility index (Phi) is 4.14. The summed E-state index contributed by atoms with van der Waals surface area (Å²) in [5.74, 6) is 0.838. The highest BCUT2D eigenvalue weighted by atomic mass is 16.1. The van der Waals surface area contributed by atoms with E-state index in [0.717, 1.165) is 48.4 Å². The quantitative estimate of drug-likeness (QED) is 0.559.